The molecule has 0 atom stereocenters. The molecule has 0 saturated heterocycles. The number of carbonyl (C=O) groups is 1. The molecule has 7 nitrogen and oxygen atoms in total. The molecule has 0 unspecified atom stereocenters. The smallest absolute Gasteiger partial charge is 0.252 e. The molecule has 0 spiro atoms. The summed E-state index contributed by atoms with van der Waals surface area (Å²) in [5.74, 6) is 2.46. The Hall–Kier alpha value is -3.00. The van der Waals surface area contributed by atoms with Gasteiger partial charge >= 0.3 is 0 Å². The maximum Gasteiger partial charge on any atom is 0.252 e. The van der Waals surface area contributed by atoms with E-state index in [1.807, 2.05) is 36.4 Å². The Bertz CT molecular complexity index is 1060. The van der Waals surface area contributed by atoms with Crippen molar-refractivity contribution in [1.29, 1.82) is 0 Å². The van der Waals surface area contributed by atoms with Gasteiger partial charge in [0.15, 0.2) is 5.82 Å². The Balaban J connectivity index is 1.52. The van der Waals surface area contributed by atoms with E-state index in [0.717, 1.165) is 17.1 Å². The lowest BCUT2D eigenvalue weighted by Gasteiger charge is -2.29. The molecular weight excluding hydrogens is 412 g/mol. The second kappa shape index (κ2) is 8.63. The number of benzene rings is 2. The van der Waals surface area contributed by atoms with Crippen molar-refractivity contribution in [3.05, 3.63) is 65.5 Å². The third kappa shape index (κ3) is 4.69. The van der Waals surface area contributed by atoms with Crippen LogP contribution in [0.15, 0.2) is 53.7 Å². The average molecular weight is 439 g/mol. The molecule has 1 amide bonds. The fourth-order valence-electron chi connectivity index (χ4n) is 3.29. The Morgan fingerprint density at radius 2 is 1.68 bits per heavy atom. The van der Waals surface area contributed by atoms with Crippen LogP contribution in [0.25, 0.3) is 0 Å². The van der Waals surface area contributed by atoms with Gasteiger partial charge in [-0.2, -0.15) is 0 Å². The number of hydrogen-bond donors (Lipinski definition) is 0. The van der Waals surface area contributed by atoms with Crippen LogP contribution in [0.5, 0.6) is 11.5 Å². The molecule has 3 aromatic rings. The maximum absolute atomic E-state index is 12.7. The van der Waals surface area contributed by atoms with Crippen LogP contribution in [-0.2, 0) is 23.4 Å². The van der Waals surface area contributed by atoms with Crippen LogP contribution >= 0.6 is 11.8 Å². The highest BCUT2D eigenvalue weighted by Gasteiger charge is 2.29. The Morgan fingerprint density at radius 3 is 2.32 bits per heavy atom. The topological polar surface area (TPSA) is 69.5 Å². The number of ether oxygens (including phenoxy) is 2. The zero-order chi connectivity index (χ0) is 22.0. The highest BCUT2D eigenvalue weighted by Crippen LogP contribution is 2.27. The van der Waals surface area contributed by atoms with Gasteiger partial charge in [-0.05, 0) is 40.8 Å². The van der Waals surface area contributed by atoms with E-state index < -0.39 is 0 Å². The third-order valence-corrected chi connectivity index (χ3v) is 6.01. The first-order valence-corrected chi connectivity index (χ1v) is 11.1. The van der Waals surface area contributed by atoms with E-state index in [1.54, 1.807) is 16.8 Å². The molecule has 162 valence electrons. The van der Waals surface area contributed by atoms with Gasteiger partial charge in [0.2, 0.25) is 5.16 Å². The van der Waals surface area contributed by atoms with E-state index in [0.29, 0.717) is 23.3 Å². The van der Waals surface area contributed by atoms with Gasteiger partial charge in [-0.1, -0.05) is 56.8 Å². The number of amides is 1. The lowest BCUT2D eigenvalue weighted by Crippen LogP contribution is -2.45. The zero-order valence-electron chi connectivity index (χ0n) is 18.2. The van der Waals surface area contributed by atoms with Gasteiger partial charge < -0.3 is 9.47 Å². The summed E-state index contributed by atoms with van der Waals surface area (Å²) in [4.78, 5) is 12.7. The van der Waals surface area contributed by atoms with Crippen molar-refractivity contribution in [3.8, 4) is 11.5 Å². The highest BCUT2D eigenvalue weighted by atomic mass is 32.2. The van der Waals surface area contributed by atoms with Gasteiger partial charge in [0.25, 0.3) is 5.91 Å². The number of methoxy groups -OCH3 is 1. The van der Waals surface area contributed by atoms with E-state index >= 15 is 0 Å². The molecule has 0 radical (unpaired) electrons. The molecule has 31 heavy (non-hydrogen) atoms. The fourth-order valence-corrected chi connectivity index (χ4v) is 4.12. The molecule has 1 aliphatic rings. The summed E-state index contributed by atoms with van der Waals surface area (Å²) >= 11 is 1.39. The molecule has 0 aliphatic carbocycles. The van der Waals surface area contributed by atoms with Crippen molar-refractivity contribution in [3.63, 3.8) is 0 Å². The van der Waals surface area contributed by atoms with Gasteiger partial charge in [0.05, 0.1) is 19.4 Å². The van der Waals surface area contributed by atoms with Crippen LogP contribution in [0.3, 0.4) is 0 Å². The van der Waals surface area contributed by atoms with E-state index in [-0.39, 0.29) is 17.9 Å². The lowest BCUT2D eigenvalue weighted by atomic mass is 9.87. The quantitative estimate of drug-likeness (QED) is 0.581. The maximum atomic E-state index is 12.7. The standard InChI is InChI=1S/C23H26N4O3S/c1-23(2,3)17-7-11-19(12-8-17)30-14-20-24-25-22-27(20)26(21(28)15-31-22)13-16-5-9-18(29-4)10-6-16/h5-12H,13-15H2,1-4H3. The number of fused-ring (bicyclic) bond motifs is 1. The molecule has 8 heteroatoms. The van der Waals surface area contributed by atoms with Crippen molar-refractivity contribution >= 4 is 17.7 Å². The van der Waals surface area contributed by atoms with Crippen LogP contribution in [0, 0.1) is 0 Å². The highest BCUT2D eigenvalue weighted by molar-refractivity contribution is 7.99. The number of carbonyl (C=O) groups excluding carboxylic acids is 1. The summed E-state index contributed by atoms with van der Waals surface area (Å²) in [6.07, 6.45) is 0. The molecule has 0 N–H and O–H groups in total. The number of thioether (sulfide) groups is 1. The van der Waals surface area contributed by atoms with Crippen molar-refractivity contribution in [1.82, 2.24) is 14.9 Å². The zero-order valence-corrected chi connectivity index (χ0v) is 19.0. The number of rotatable bonds is 6. The summed E-state index contributed by atoms with van der Waals surface area (Å²) in [5.41, 5.74) is 2.32. The average Bonchev–Trinajstić information content (AvgIpc) is 3.18. The number of hydrogen-bond acceptors (Lipinski definition) is 6. The number of aromatic nitrogens is 3. The molecule has 1 aliphatic heterocycles. The van der Waals surface area contributed by atoms with Gasteiger partial charge in [-0.3, -0.25) is 4.79 Å². The monoisotopic (exact) mass is 438 g/mol. The van der Waals surface area contributed by atoms with Crippen LogP contribution in [0.4, 0.5) is 0 Å². The minimum absolute atomic E-state index is 0.00361. The molecule has 2 heterocycles. The van der Waals surface area contributed by atoms with E-state index in [2.05, 4.69) is 43.1 Å². The van der Waals surface area contributed by atoms with E-state index in [4.69, 9.17) is 9.47 Å². The Labute approximate surface area is 186 Å². The summed E-state index contributed by atoms with van der Waals surface area (Å²) in [7, 11) is 1.63. The molecule has 1 aromatic heterocycles. The summed E-state index contributed by atoms with van der Waals surface area (Å²) < 4.78 is 12.9. The van der Waals surface area contributed by atoms with Crippen molar-refractivity contribution < 1.29 is 14.3 Å². The summed E-state index contributed by atoms with van der Waals surface area (Å²) in [5, 5.41) is 10.9. The van der Waals surface area contributed by atoms with Crippen LogP contribution in [0.1, 0.15) is 37.7 Å². The van der Waals surface area contributed by atoms with Gasteiger partial charge in [0.1, 0.15) is 18.1 Å². The van der Waals surface area contributed by atoms with Crippen LogP contribution < -0.4 is 14.5 Å². The van der Waals surface area contributed by atoms with Crippen molar-refractivity contribution in [2.75, 3.05) is 17.9 Å². The van der Waals surface area contributed by atoms with E-state index in [9.17, 15) is 4.79 Å². The predicted octanol–water partition coefficient (Wildman–Crippen LogP) is 3.93. The minimum atomic E-state index is 0.00361. The lowest BCUT2D eigenvalue weighted by molar-refractivity contribution is -0.118. The van der Waals surface area contributed by atoms with Crippen LogP contribution in [0.2, 0.25) is 0 Å². The third-order valence-electron chi connectivity index (χ3n) is 5.11. The number of nitrogens with zero attached hydrogens (tertiary/aromatic N) is 4. The normalized spacial score (nSPS) is 13.8. The first-order valence-electron chi connectivity index (χ1n) is 10.1. The van der Waals surface area contributed by atoms with Crippen LogP contribution in [-0.4, -0.2) is 33.6 Å². The first kappa shape index (κ1) is 21.2. The second-order valence-corrected chi connectivity index (χ2v) is 9.30. The fraction of sp³-hybridized carbons (Fsp3) is 0.348. The largest absolute Gasteiger partial charge is 0.497 e. The molecule has 0 saturated carbocycles. The van der Waals surface area contributed by atoms with Gasteiger partial charge in [-0.25, -0.2) is 9.69 Å². The predicted molar refractivity (Wildman–Crippen MR) is 120 cm³/mol. The molecule has 0 fully saturated rings. The van der Waals surface area contributed by atoms with Gasteiger partial charge in [0, 0.05) is 0 Å². The molecule has 4 rings (SSSR count). The second-order valence-electron chi connectivity index (χ2n) is 8.36. The van der Waals surface area contributed by atoms with Crippen molar-refractivity contribution in [2.24, 2.45) is 0 Å². The molecular formula is C23H26N4O3S. The van der Waals surface area contributed by atoms with Crippen molar-refractivity contribution in [2.45, 2.75) is 44.5 Å². The molecule has 2 aromatic carbocycles. The Morgan fingerprint density at radius 1 is 1.00 bits per heavy atom. The summed E-state index contributed by atoms with van der Waals surface area (Å²) in [6, 6.07) is 15.7. The SMILES string of the molecule is COc1ccc(CN2C(=O)CSc3nnc(COc4ccc(C(C)(C)C)cc4)n32)cc1. The molecule has 0 bridgehead atoms. The summed E-state index contributed by atoms with van der Waals surface area (Å²) in [6.45, 7) is 7.17. The van der Waals surface area contributed by atoms with Gasteiger partial charge in [-0.15, -0.1) is 10.2 Å². The Kier molecular flexibility index (Phi) is 5.91. The first-order chi connectivity index (χ1) is 14.8. The minimum Gasteiger partial charge on any atom is -0.497 e. The van der Waals surface area contributed by atoms with E-state index in [1.165, 1.54) is 17.3 Å².